The van der Waals surface area contributed by atoms with Gasteiger partial charge >= 0.3 is 6.18 Å². The van der Waals surface area contributed by atoms with Gasteiger partial charge in [-0.2, -0.15) is 13.2 Å². The monoisotopic (exact) mass is 288 g/mol. The molecule has 0 saturated carbocycles. The van der Waals surface area contributed by atoms with Crippen LogP contribution in [-0.4, -0.2) is 25.3 Å². The molecule has 0 aromatic heterocycles. The Balaban J connectivity index is 2.33. The second kappa shape index (κ2) is 5.61. The normalized spacial score (nSPS) is 24.0. The fourth-order valence-electron chi connectivity index (χ4n) is 2.59. The summed E-state index contributed by atoms with van der Waals surface area (Å²) in [7, 11) is 0. The van der Waals surface area contributed by atoms with Crippen molar-refractivity contribution < 1.29 is 17.9 Å². The molecule has 112 valence electrons. The first-order valence-corrected chi connectivity index (χ1v) is 6.62. The van der Waals surface area contributed by atoms with Gasteiger partial charge < -0.3 is 15.4 Å². The second-order valence-electron chi connectivity index (χ2n) is 5.21. The van der Waals surface area contributed by atoms with Crippen molar-refractivity contribution in [3.8, 4) is 0 Å². The Kier molecular flexibility index (Phi) is 4.25. The Morgan fingerprint density at radius 3 is 2.35 bits per heavy atom. The van der Waals surface area contributed by atoms with Crippen molar-refractivity contribution >= 4 is 5.69 Å². The van der Waals surface area contributed by atoms with E-state index in [0.717, 1.165) is 0 Å². The fraction of sp³-hybridized carbons (Fsp3) is 0.571. The van der Waals surface area contributed by atoms with Crippen LogP contribution in [0.4, 0.5) is 18.9 Å². The Bertz CT molecular complexity index is 466. The number of alkyl halides is 3. The number of halogens is 3. The largest absolute Gasteiger partial charge is 0.416 e. The summed E-state index contributed by atoms with van der Waals surface area (Å²) in [5.74, 6) is 0. The number of ether oxygens (including phenoxy) is 1. The number of morpholine rings is 1. The number of hydrogen-bond acceptors (Lipinski definition) is 3. The summed E-state index contributed by atoms with van der Waals surface area (Å²) in [6.07, 6.45) is -4.38. The highest BCUT2D eigenvalue weighted by atomic mass is 19.4. The summed E-state index contributed by atoms with van der Waals surface area (Å²) >= 11 is 0. The molecule has 0 bridgehead atoms. The zero-order chi connectivity index (χ0) is 14.9. The van der Waals surface area contributed by atoms with Crippen molar-refractivity contribution in [2.24, 2.45) is 5.73 Å². The van der Waals surface area contributed by atoms with Crippen LogP contribution in [-0.2, 0) is 17.5 Å². The highest BCUT2D eigenvalue weighted by Crippen LogP contribution is 2.35. The third-order valence-electron chi connectivity index (χ3n) is 3.40. The number of hydrogen-bond donors (Lipinski definition) is 1. The molecule has 1 aliphatic rings. The summed E-state index contributed by atoms with van der Waals surface area (Å²) in [5, 5.41) is 0. The molecular formula is C14H19F3N2O. The standard InChI is InChI=1S/C14H19F3N2O/c1-9-7-19(8-10(2)20-9)12-4-3-11(6-18)13(5-12)14(15,16)17/h3-5,9-10H,6-8,18H2,1-2H3. The first-order valence-electron chi connectivity index (χ1n) is 6.62. The number of nitrogens with two attached hydrogens (primary N) is 1. The summed E-state index contributed by atoms with van der Waals surface area (Å²) in [5.41, 5.74) is 5.42. The summed E-state index contributed by atoms with van der Waals surface area (Å²) < 4.78 is 44.7. The molecule has 3 nitrogen and oxygen atoms in total. The molecule has 1 aromatic rings. The molecular weight excluding hydrogens is 269 g/mol. The van der Waals surface area contributed by atoms with Crippen molar-refractivity contribution in [1.82, 2.24) is 0 Å². The van der Waals surface area contributed by atoms with Gasteiger partial charge in [-0.3, -0.25) is 0 Å². The molecule has 20 heavy (non-hydrogen) atoms. The minimum absolute atomic E-state index is 0.00210. The molecule has 6 heteroatoms. The number of benzene rings is 1. The molecule has 2 rings (SSSR count). The summed E-state index contributed by atoms with van der Waals surface area (Å²) in [4.78, 5) is 1.92. The highest BCUT2D eigenvalue weighted by Gasteiger charge is 2.34. The molecule has 1 heterocycles. The van der Waals surface area contributed by atoms with Crippen LogP contribution in [0.2, 0.25) is 0 Å². The summed E-state index contributed by atoms with van der Waals surface area (Å²) in [6, 6.07) is 4.35. The Labute approximate surface area is 116 Å². The van der Waals surface area contributed by atoms with Gasteiger partial charge in [0.2, 0.25) is 0 Å². The molecule has 1 saturated heterocycles. The Morgan fingerprint density at radius 2 is 1.85 bits per heavy atom. The maximum atomic E-state index is 13.0. The van der Waals surface area contributed by atoms with E-state index in [4.69, 9.17) is 10.5 Å². The minimum atomic E-state index is -4.38. The van der Waals surface area contributed by atoms with Gasteiger partial charge in [0.15, 0.2) is 0 Å². The van der Waals surface area contributed by atoms with E-state index in [1.807, 2.05) is 18.7 Å². The van der Waals surface area contributed by atoms with E-state index in [0.29, 0.717) is 18.8 Å². The van der Waals surface area contributed by atoms with E-state index in [1.54, 1.807) is 6.07 Å². The zero-order valence-corrected chi connectivity index (χ0v) is 11.6. The van der Waals surface area contributed by atoms with Gasteiger partial charge in [0, 0.05) is 25.3 Å². The predicted molar refractivity (Wildman–Crippen MR) is 71.6 cm³/mol. The second-order valence-corrected chi connectivity index (χ2v) is 5.21. The van der Waals surface area contributed by atoms with Gasteiger partial charge in [0.25, 0.3) is 0 Å². The molecule has 0 amide bonds. The maximum absolute atomic E-state index is 13.0. The molecule has 2 atom stereocenters. The van der Waals surface area contributed by atoms with Gasteiger partial charge in [-0.15, -0.1) is 0 Å². The van der Waals surface area contributed by atoms with Gasteiger partial charge in [0.05, 0.1) is 17.8 Å². The average molecular weight is 288 g/mol. The van der Waals surface area contributed by atoms with E-state index in [1.165, 1.54) is 12.1 Å². The lowest BCUT2D eigenvalue weighted by Crippen LogP contribution is -2.45. The summed E-state index contributed by atoms with van der Waals surface area (Å²) in [6.45, 7) is 4.89. The fourth-order valence-corrected chi connectivity index (χ4v) is 2.59. The SMILES string of the molecule is CC1CN(c2ccc(CN)c(C(F)(F)F)c2)CC(C)O1. The lowest BCUT2D eigenvalue weighted by Gasteiger charge is -2.37. The number of anilines is 1. The van der Waals surface area contributed by atoms with E-state index in [-0.39, 0.29) is 24.3 Å². The predicted octanol–water partition coefficient (Wildman–Crippen LogP) is 2.78. The molecule has 2 unspecified atom stereocenters. The van der Waals surface area contributed by atoms with Crippen LogP contribution >= 0.6 is 0 Å². The van der Waals surface area contributed by atoms with Crippen LogP contribution in [0.1, 0.15) is 25.0 Å². The van der Waals surface area contributed by atoms with Crippen molar-refractivity contribution in [1.29, 1.82) is 0 Å². The van der Waals surface area contributed by atoms with Crippen LogP contribution in [0.15, 0.2) is 18.2 Å². The molecule has 1 aromatic carbocycles. The van der Waals surface area contributed by atoms with E-state index in [9.17, 15) is 13.2 Å². The van der Waals surface area contributed by atoms with Crippen LogP contribution in [0.25, 0.3) is 0 Å². The molecule has 2 N–H and O–H groups in total. The lowest BCUT2D eigenvalue weighted by atomic mass is 10.0. The quantitative estimate of drug-likeness (QED) is 0.909. The van der Waals surface area contributed by atoms with Gasteiger partial charge in [-0.25, -0.2) is 0 Å². The Hall–Kier alpha value is -1.27. The number of nitrogens with zero attached hydrogens (tertiary/aromatic N) is 1. The molecule has 0 radical (unpaired) electrons. The van der Waals surface area contributed by atoms with Crippen molar-refractivity contribution in [3.05, 3.63) is 29.3 Å². The van der Waals surface area contributed by atoms with Gasteiger partial charge in [-0.1, -0.05) is 6.07 Å². The molecule has 1 aliphatic heterocycles. The van der Waals surface area contributed by atoms with Crippen molar-refractivity contribution in [2.75, 3.05) is 18.0 Å². The average Bonchev–Trinajstić information content (AvgIpc) is 2.35. The third-order valence-corrected chi connectivity index (χ3v) is 3.40. The molecule has 0 spiro atoms. The van der Waals surface area contributed by atoms with E-state index < -0.39 is 11.7 Å². The highest BCUT2D eigenvalue weighted by molar-refractivity contribution is 5.52. The first-order chi connectivity index (χ1) is 9.31. The third kappa shape index (κ3) is 3.24. The number of rotatable bonds is 2. The smallest absolute Gasteiger partial charge is 0.372 e. The maximum Gasteiger partial charge on any atom is 0.416 e. The van der Waals surface area contributed by atoms with Crippen LogP contribution < -0.4 is 10.6 Å². The van der Waals surface area contributed by atoms with Crippen LogP contribution in [0.3, 0.4) is 0 Å². The first kappa shape index (κ1) is 15.1. The van der Waals surface area contributed by atoms with Crippen molar-refractivity contribution in [2.45, 2.75) is 38.8 Å². The Morgan fingerprint density at radius 1 is 1.25 bits per heavy atom. The van der Waals surface area contributed by atoms with E-state index >= 15 is 0 Å². The van der Waals surface area contributed by atoms with Crippen LogP contribution in [0.5, 0.6) is 0 Å². The lowest BCUT2D eigenvalue weighted by molar-refractivity contribution is -0.138. The molecule has 0 aliphatic carbocycles. The van der Waals surface area contributed by atoms with Crippen molar-refractivity contribution in [3.63, 3.8) is 0 Å². The minimum Gasteiger partial charge on any atom is -0.372 e. The topological polar surface area (TPSA) is 38.5 Å². The molecule has 1 fully saturated rings. The van der Waals surface area contributed by atoms with Gasteiger partial charge in [0.1, 0.15) is 0 Å². The van der Waals surface area contributed by atoms with Gasteiger partial charge in [-0.05, 0) is 31.5 Å². The zero-order valence-electron chi connectivity index (χ0n) is 11.6. The van der Waals surface area contributed by atoms with E-state index in [2.05, 4.69) is 0 Å². The van der Waals surface area contributed by atoms with Crippen LogP contribution in [0, 0.1) is 0 Å².